The number of halogens is 2. The van der Waals surface area contributed by atoms with Crippen LogP contribution in [0.4, 0.5) is 0 Å². The van der Waals surface area contributed by atoms with Gasteiger partial charge in [0.25, 0.3) is 0 Å². The molecule has 1 heterocycles. The summed E-state index contributed by atoms with van der Waals surface area (Å²) in [5.74, 6) is 1.05. The summed E-state index contributed by atoms with van der Waals surface area (Å²) in [6.07, 6.45) is 2.56. The molecule has 4 rings (SSSR count). The monoisotopic (exact) mass is 362 g/mol. The number of carbonyl (C=O) groups is 1. The van der Waals surface area contributed by atoms with Gasteiger partial charge in [-0.15, -0.1) is 0 Å². The minimum atomic E-state index is 0.250. The second-order valence-electron chi connectivity index (χ2n) is 5.49. The quantitative estimate of drug-likeness (QED) is 0.644. The van der Waals surface area contributed by atoms with Gasteiger partial charge in [0, 0.05) is 27.0 Å². The van der Waals surface area contributed by atoms with E-state index in [-0.39, 0.29) is 5.78 Å². The SMILES string of the molecule is O=C1CCCc2cc3c(cc21)COc1cc(Cl)cc(Br)c1-3. The van der Waals surface area contributed by atoms with Crippen LogP contribution in [-0.4, -0.2) is 5.78 Å². The molecule has 0 unspecified atom stereocenters. The number of hydrogen-bond acceptors (Lipinski definition) is 2. The van der Waals surface area contributed by atoms with E-state index in [2.05, 4.69) is 22.0 Å². The highest BCUT2D eigenvalue weighted by molar-refractivity contribution is 9.10. The Bertz CT molecular complexity index is 783. The molecule has 0 fully saturated rings. The van der Waals surface area contributed by atoms with Gasteiger partial charge in [0.2, 0.25) is 0 Å². The molecule has 4 heteroatoms. The van der Waals surface area contributed by atoms with Crippen LogP contribution in [0.25, 0.3) is 11.1 Å². The molecule has 0 spiro atoms. The van der Waals surface area contributed by atoms with E-state index in [0.717, 1.165) is 50.9 Å². The third-order valence-corrected chi connectivity index (χ3v) is 4.99. The predicted molar refractivity (Wildman–Crippen MR) is 86.2 cm³/mol. The lowest BCUT2D eigenvalue weighted by atomic mass is 9.85. The largest absolute Gasteiger partial charge is 0.488 e. The first-order valence-corrected chi connectivity index (χ1v) is 8.12. The molecule has 0 bridgehead atoms. The molecular formula is C17H12BrClO2. The van der Waals surface area contributed by atoms with E-state index in [1.165, 1.54) is 0 Å². The van der Waals surface area contributed by atoms with Crippen molar-refractivity contribution in [2.24, 2.45) is 0 Å². The summed E-state index contributed by atoms with van der Waals surface area (Å²) in [5, 5.41) is 0.650. The van der Waals surface area contributed by atoms with Gasteiger partial charge < -0.3 is 4.74 Å². The van der Waals surface area contributed by atoms with Gasteiger partial charge in [-0.1, -0.05) is 11.6 Å². The summed E-state index contributed by atoms with van der Waals surface area (Å²) in [5.41, 5.74) is 5.27. The molecule has 0 aromatic heterocycles. The van der Waals surface area contributed by atoms with E-state index >= 15 is 0 Å². The van der Waals surface area contributed by atoms with Crippen LogP contribution in [-0.2, 0) is 13.0 Å². The average molecular weight is 364 g/mol. The summed E-state index contributed by atoms with van der Waals surface area (Å²) < 4.78 is 6.74. The maximum atomic E-state index is 12.1. The number of fused-ring (bicyclic) bond motifs is 4. The first-order chi connectivity index (χ1) is 10.1. The van der Waals surface area contributed by atoms with Gasteiger partial charge in [-0.05, 0) is 69.7 Å². The molecule has 2 aliphatic rings. The molecule has 0 atom stereocenters. The third kappa shape index (κ3) is 2.11. The third-order valence-electron chi connectivity index (χ3n) is 4.15. The molecule has 0 saturated carbocycles. The summed E-state index contributed by atoms with van der Waals surface area (Å²) in [6.45, 7) is 0.482. The van der Waals surface area contributed by atoms with Crippen LogP contribution in [0.2, 0.25) is 5.02 Å². The van der Waals surface area contributed by atoms with Crippen LogP contribution in [0, 0.1) is 0 Å². The first-order valence-electron chi connectivity index (χ1n) is 6.94. The Balaban J connectivity index is 1.97. The first kappa shape index (κ1) is 13.4. The minimum Gasteiger partial charge on any atom is -0.488 e. The van der Waals surface area contributed by atoms with Crippen molar-refractivity contribution in [1.82, 2.24) is 0 Å². The number of rotatable bonds is 0. The molecular weight excluding hydrogens is 352 g/mol. The lowest BCUT2D eigenvalue weighted by Crippen LogP contribution is -2.14. The molecule has 1 aliphatic carbocycles. The number of Topliss-reactive ketones (excluding diaryl/α,β-unsaturated/α-hetero) is 1. The van der Waals surface area contributed by atoms with Crippen LogP contribution in [0.5, 0.6) is 5.75 Å². The van der Waals surface area contributed by atoms with Crippen LogP contribution in [0.15, 0.2) is 28.7 Å². The minimum absolute atomic E-state index is 0.250. The van der Waals surface area contributed by atoms with Crippen molar-refractivity contribution in [3.8, 4) is 16.9 Å². The van der Waals surface area contributed by atoms with E-state index in [0.29, 0.717) is 18.1 Å². The van der Waals surface area contributed by atoms with Gasteiger partial charge in [0.1, 0.15) is 12.4 Å². The number of ketones is 1. The van der Waals surface area contributed by atoms with Gasteiger partial charge in [0.15, 0.2) is 5.78 Å². The number of ether oxygens (including phenoxy) is 1. The number of carbonyl (C=O) groups excluding carboxylic acids is 1. The number of hydrogen-bond donors (Lipinski definition) is 0. The van der Waals surface area contributed by atoms with Crippen LogP contribution < -0.4 is 4.74 Å². The highest BCUT2D eigenvalue weighted by Gasteiger charge is 2.25. The van der Waals surface area contributed by atoms with E-state index < -0.39 is 0 Å². The van der Waals surface area contributed by atoms with Gasteiger partial charge in [-0.2, -0.15) is 0 Å². The fraction of sp³-hybridized carbons (Fsp3) is 0.235. The molecule has 0 saturated heterocycles. The zero-order valence-corrected chi connectivity index (χ0v) is 13.6. The Morgan fingerprint density at radius 3 is 2.71 bits per heavy atom. The Morgan fingerprint density at radius 2 is 1.86 bits per heavy atom. The van der Waals surface area contributed by atoms with E-state index in [4.69, 9.17) is 16.3 Å². The molecule has 2 aromatic carbocycles. The maximum Gasteiger partial charge on any atom is 0.163 e. The van der Waals surface area contributed by atoms with E-state index in [9.17, 15) is 4.79 Å². The summed E-state index contributed by atoms with van der Waals surface area (Å²) >= 11 is 9.67. The van der Waals surface area contributed by atoms with Crippen LogP contribution in [0.1, 0.15) is 34.3 Å². The molecule has 21 heavy (non-hydrogen) atoms. The molecule has 2 nitrogen and oxygen atoms in total. The summed E-state index contributed by atoms with van der Waals surface area (Å²) in [7, 11) is 0. The normalized spacial score (nSPS) is 15.8. The lowest BCUT2D eigenvalue weighted by molar-refractivity contribution is 0.0972. The fourth-order valence-electron chi connectivity index (χ4n) is 3.16. The van der Waals surface area contributed by atoms with Gasteiger partial charge in [-0.3, -0.25) is 4.79 Å². The van der Waals surface area contributed by atoms with Crippen molar-refractivity contribution in [2.75, 3.05) is 0 Å². The van der Waals surface area contributed by atoms with Crippen LogP contribution in [0.3, 0.4) is 0 Å². The summed E-state index contributed by atoms with van der Waals surface area (Å²) in [4.78, 5) is 12.1. The maximum absolute atomic E-state index is 12.1. The van der Waals surface area contributed by atoms with Crippen molar-refractivity contribution in [3.63, 3.8) is 0 Å². The van der Waals surface area contributed by atoms with E-state index in [1.807, 2.05) is 18.2 Å². The molecule has 0 amide bonds. The standard InChI is InChI=1S/C17H12BrClO2/c18-14-6-11(19)7-16-17(14)13-4-9-2-1-3-15(20)12(9)5-10(13)8-21-16/h4-7H,1-3,8H2. The average Bonchev–Trinajstić information content (AvgIpc) is 2.45. The van der Waals surface area contributed by atoms with E-state index in [1.54, 1.807) is 0 Å². The molecule has 0 N–H and O–H groups in total. The van der Waals surface area contributed by atoms with Crippen molar-refractivity contribution >= 4 is 33.3 Å². The Morgan fingerprint density at radius 1 is 1.05 bits per heavy atom. The van der Waals surface area contributed by atoms with Gasteiger partial charge >= 0.3 is 0 Å². The second-order valence-corrected chi connectivity index (χ2v) is 6.78. The van der Waals surface area contributed by atoms with Crippen LogP contribution >= 0.6 is 27.5 Å². The van der Waals surface area contributed by atoms with Gasteiger partial charge in [0.05, 0.1) is 0 Å². The number of aryl methyl sites for hydroxylation is 1. The Kier molecular flexibility index (Phi) is 3.09. The molecule has 106 valence electrons. The zero-order chi connectivity index (χ0) is 14.6. The zero-order valence-electron chi connectivity index (χ0n) is 11.2. The van der Waals surface area contributed by atoms with Gasteiger partial charge in [-0.25, -0.2) is 0 Å². The molecule has 0 radical (unpaired) electrons. The number of benzene rings is 2. The molecule has 1 aliphatic heterocycles. The smallest absolute Gasteiger partial charge is 0.163 e. The Labute approximate surface area is 136 Å². The Hall–Kier alpha value is -1.32. The summed E-state index contributed by atoms with van der Waals surface area (Å²) in [6, 6.07) is 7.89. The second kappa shape index (κ2) is 4.85. The van der Waals surface area contributed by atoms with Crippen molar-refractivity contribution in [3.05, 3.63) is 50.5 Å². The molecule has 2 aromatic rings. The van der Waals surface area contributed by atoms with Crippen molar-refractivity contribution in [1.29, 1.82) is 0 Å². The fourth-order valence-corrected chi connectivity index (χ4v) is 4.16. The van der Waals surface area contributed by atoms with Crippen molar-refractivity contribution < 1.29 is 9.53 Å². The van der Waals surface area contributed by atoms with Crippen molar-refractivity contribution in [2.45, 2.75) is 25.9 Å². The highest BCUT2D eigenvalue weighted by Crippen LogP contribution is 2.45. The topological polar surface area (TPSA) is 26.3 Å². The highest BCUT2D eigenvalue weighted by atomic mass is 79.9. The predicted octanol–water partition coefficient (Wildman–Crippen LogP) is 5.18. The lowest BCUT2D eigenvalue weighted by Gasteiger charge is -2.25.